The Bertz CT molecular complexity index is 666. The molecule has 1 unspecified atom stereocenters. The minimum atomic E-state index is -2.91. The molecule has 0 saturated carbocycles. The van der Waals surface area contributed by atoms with Gasteiger partial charge in [-0.3, -0.25) is 4.98 Å². The van der Waals surface area contributed by atoms with Crippen molar-refractivity contribution in [3.05, 3.63) is 30.4 Å². The van der Waals surface area contributed by atoms with E-state index < -0.39 is 9.84 Å². The van der Waals surface area contributed by atoms with Crippen LogP contribution in [-0.2, 0) is 9.84 Å². The summed E-state index contributed by atoms with van der Waals surface area (Å²) in [7, 11) is -2.91. The summed E-state index contributed by atoms with van der Waals surface area (Å²) in [5, 5.41) is 7.68. The molecule has 0 radical (unpaired) electrons. The molecule has 0 aromatic carbocycles. The van der Waals surface area contributed by atoms with Gasteiger partial charge in [0.15, 0.2) is 0 Å². The third kappa shape index (κ3) is 3.77. The molecule has 0 spiro atoms. The Balaban J connectivity index is 2.15. The highest BCUT2D eigenvalue weighted by molar-refractivity contribution is 7.90. The van der Waals surface area contributed by atoms with Gasteiger partial charge in [-0.15, -0.1) is 0 Å². The van der Waals surface area contributed by atoms with Gasteiger partial charge in [-0.2, -0.15) is 5.10 Å². The molecule has 1 atom stereocenters. The number of nitrogens with zero attached hydrogens (tertiary/aromatic N) is 3. The number of hydrogen-bond donors (Lipinski definition) is 1. The normalized spacial score (nSPS) is 13.7. The number of fused-ring (bicyclic) bond motifs is 1. The lowest BCUT2D eigenvalue weighted by atomic mass is 10.0. The van der Waals surface area contributed by atoms with Gasteiger partial charge in [0.2, 0.25) is 0 Å². The Labute approximate surface area is 119 Å². The van der Waals surface area contributed by atoms with E-state index in [-0.39, 0.29) is 11.8 Å². The highest BCUT2D eigenvalue weighted by Gasteiger charge is 2.16. The van der Waals surface area contributed by atoms with Crippen LogP contribution in [0.1, 0.15) is 31.4 Å². The van der Waals surface area contributed by atoms with Gasteiger partial charge in [-0.25, -0.2) is 12.9 Å². The predicted octanol–water partition coefficient (Wildman–Crippen LogP) is 1.20. The Morgan fingerprint density at radius 2 is 2.20 bits per heavy atom. The van der Waals surface area contributed by atoms with Crippen molar-refractivity contribution in [3.8, 4) is 0 Å². The summed E-state index contributed by atoms with van der Waals surface area (Å²) in [5.41, 5.74) is 2.02. The Hall–Kier alpha value is -1.47. The summed E-state index contributed by atoms with van der Waals surface area (Å²) in [5.74, 6) is 0.215. The molecular weight excluding hydrogens is 276 g/mol. The van der Waals surface area contributed by atoms with Crippen molar-refractivity contribution in [2.45, 2.75) is 25.8 Å². The van der Waals surface area contributed by atoms with E-state index in [1.54, 1.807) is 23.1 Å². The van der Waals surface area contributed by atoms with E-state index in [2.05, 4.69) is 15.4 Å². The number of hydrogen-bond acceptors (Lipinski definition) is 5. The van der Waals surface area contributed by atoms with Gasteiger partial charge in [0.1, 0.15) is 9.84 Å². The first-order chi connectivity index (χ1) is 9.51. The highest BCUT2D eigenvalue weighted by Crippen LogP contribution is 2.22. The molecular formula is C13H20N4O2S. The lowest BCUT2D eigenvalue weighted by Crippen LogP contribution is -2.21. The minimum Gasteiger partial charge on any atom is -0.310 e. The molecule has 6 nitrogen and oxygen atoms in total. The quantitative estimate of drug-likeness (QED) is 0.831. The van der Waals surface area contributed by atoms with Crippen LogP contribution in [0.2, 0.25) is 0 Å². The molecule has 110 valence electrons. The summed E-state index contributed by atoms with van der Waals surface area (Å²) in [6.45, 7) is 2.86. The molecule has 7 heteroatoms. The second kappa shape index (κ2) is 6.32. The van der Waals surface area contributed by atoms with Gasteiger partial charge >= 0.3 is 0 Å². The van der Waals surface area contributed by atoms with E-state index in [1.807, 2.05) is 13.1 Å². The number of rotatable bonds is 7. The maximum Gasteiger partial charge on any atom is 0.147 e. The second-order valence-corrected chi connectivity index (χ2v) is 7.15. The summed E-state index contributed by atoms with van der Waals surface area (Å²) < 4.78 is 24.2. The van der Waals surface area contributed by atoms with Gasteiger partial charge in [-0.05, 0) is 19.4 Å². The van der Waals surface area contributed by atoms with E-state index in [9.17, 15) is 8.42 Å². The van der Waals surface area contributed by atoms with Gasteiger partial charge in [0, 0.05) is 36.0 Å². The molecule has 2 rings (SSSR count). The number of aromatic nitrogens is 3. The lowest BCUT2D eigenvalue weighted by molar-refractivity contribution is 0.509. The smallest absolute Gasteiger partial charge is 0.147 e. The van der Waals surface area contributed by atoms with Crippen LogP contribution in [0.4, 0.5) is 0 Å². The Morgan fingerprint density at radius 3 is 2.90 bits per heavy atom. The standard InChI is InChI=1S/C13H20N4O2S/c1-3-15-12(5-4-8-20(2,18)19)11-9-16-17-7-6-14-10-13(11)17/h6-7,9-10,12,15H,3-5,8H2,1-2H3. The van der Waals surface area contributed by atoms with Gasteiger partial charge in [-0.1, -0.05) is 6.92 Å². The van der Waals surface area contributed by atoms with Crippen molar-refractivity contribution < 1.29 is 8.42 Å². The fraction of sp³-hybridized carbons (Fsp3) is 0.538. The fourth-order valence-electron chi connectivity index (χ4n) is 2.28. The average Bonchev–Trinajstić information content (AvgIpc) is 2.80. The van der Waals surface area contributed by atoms with Crippen molar-refractivity contribution in [1.29, 1.82) is 0 Å². The Morgan fingerprint density at radius 1 is 1.40 bits per heavy atom. The van der Waals surface area contributed by atoms with Crippen LogP contribution in [0, 0.1) is 0 Å². The molecule has 0 aliphatic carbocycles. The first kappa shape index (κ1) is 14.9. The third-order valence-corrected chi connectivity index (χ3v) is 4.22. The Kier molecular flexibility index (Phi) is 4.72. The summed E-state index contributed by atoms with van der Waals surface area (Å²) in [6, 6.07) is 0.100. The summed E-state index contributed by atoms with van der Waals surface area (Å²) >= 11 is 0. The first-order valence-electron chi connectivity index (χ1n) is 6.69. The molecule has 20 heavy (non-hydrogen) atoms. The molecule has 2 aromatic heterocycles. The largest absolute Gasteiger partial charge is 0.310 e. The second-order valence-electron chi connectivity index (χ2n) is 4.89. The molecule has 0 saturated heterocycles. The van der Waals surface area contributed by atoms with Crippen molar-refractivity contribution in [1.82, 2.24) is 19.9 Å². The predicted molar refractivity (Wildman–Crippen MR) is 78.3 cm³/mol. The molecule has 0 fully saturated rings. The van der Waals surface area contributed by atoms with Crippen molar-refractivity contribution in [2.75, 3.05) is 18.6 Å². The monoisotopic (exact) mass is 296 g/mol. The molecule has 2 aromatic rings. The average molecular weight is 296 g/mol. The molecule has 2 heterocycles. The maximum absolute atomic E-state index is 11.2. The van der Waals surface area contributed by atoms with E-state index in [0.717, 1.165) is 24.0 Å². The van der Waals surface area contributed by atoms with Crippen LogP contribution in [0.3, 0.4) is 0 Å². The zero-order chi connectivity index (χ0) is 14.6. The van der Waals surface area contributed by atoms with Crippen LogP contribution in [0.15, 0.2) is 24.8 Å². The summed E-state index contributed by atoms with van der Waals surface area (Å²) in [4.78, 5) is 4.12. The third-order valence-electron chi connectivity index (χ3n) is 3.19. The van der Waals surface area contributed by atoms with Gasteiger partial charge in [0.25, 0.3) is 0 Å². The van der Waals surface area contributed by atoms with Crippen LogP contribution < -0.4 is 5.32 Å². The van der Waals surface area contributed by atoms with Crippen molar-refractivity contribution in [3.63, 3.8) is 0 Å². The molecule has 0 aliphatic heterocycles. The van der Waals surface area contributed by atoms with Crippen LogP contribution in [-0.4, -0.2) is 41.6 Å². The minimum absolute atomic E-state index is 0.100. The number of nitrogens with one attached hydrogen (secondary N) is 1. The van der Waals surface area contributed by atoms with Gasteiger partial charge in [0.05, 0.1) is 17.9 Å². The zero-order valence-corrected chi connectivity index (χ0v) is 12.6. The van der Waals surface area contributed by atoms with E-state index >= 15 is 0 Å². The van der Waals surface area contributed by atoms with Crippen molar-refractivity contribution in [2.24, 2.45) is 0 Å². The molecule has 0 bridgehead atoms. The van der Waals surface area contributed by atoms with Crippen LogP contribution in [0.25, 0.3) is 5.52 Å². The summed E-state index contributed by atoms with van der Waals surface area (Å²) in [6.07, 6.45) is 9.77. The lowest BCUT2D eigenvalue weighted by Gasteiger charge is -2.16. The molecule has 1 N–H and O–H groups in total. The van der Waals surface area contributed by atoms with E-state index in [4.69, 9.17) is 0 Å². The fourth-order valence-corrected chi connectivity index (χ4v) is 2.98. The maximum atomic E-state index is 11.2. The molecule has 0 aliphatic rings. The van der Waals surface area contributed by atoms with Crippen LogP contribution >= 0.6 is 0 Å². The van der Waals surface area contributed by atoms with Gasteiger partial charge < -0.3 is 5.32 Å². The zero-order valence-electron chi connectivity index (χ0n) is 11.8. The van der Waals surface area contributed by atoms with E-state index in [1.165, 1.54) is 6.26 Å². The topological polar surface area (TPSA) is 76.4 Å². The highest BCUT2D eigenvalue weighted by atomic mass is 32.2. The van der Waals surface area contributed by atoms with Crippen molar-refractivity contribution >= 4 is 15.4 Å². The van der Waals surface area contributed by atoms with E-state index in [0.29, 0.717) is 6.42 Å². The SMILES string of the molecule is CCNC(CCCS(C)(=O)=O)c1cnn2ccncc12. The first-order valence-corrected chi connectivity index (χ1v) is 8.75. The number of sulfone groups is 1. The molecule has 0 amide bonds. The van der Waals surface area contributed by atoms with Crippen LogP contribution in [0.5, 0.6) is 0 Å².